The Morgan fingerprint density at radius 1 is 1.23 bits per heavy atom. The molecule has 3 rings (SSSR count). The summed E-state index contributed by atoms with van der Waals surface area (Å²) in [6.45, 7) is 4.73. The van der Waals surface area contributed by atoms with Gasteiger partial charge in [-0.3, -0.25) is 9.20 Å². The molecule has 0 atom stereocenters. The lowest BCUT2D eigenvalue weighted by atomic mass is 10.1. The summed E-state index contributed by atoms with van der Waals surface area (Å²) in [5, 5.41) is 12.1. The number of nitrogens with one attached hydrogen (secondary N) is 1. The highest BCUT2D eigenvalue weighted by Crippen LogP contribution is 2.29. The fourth-order valence-corrected chi connectivity index (χ4v) is 3.45. The largest absolute Gasteiger partial charge is 0.390 e. The summed E-state index contributed by atoms with van der Waals surface area (Å²) in [7, 11) is 0. The minimum Gasteiger partial charge on any atom is -0.390 e. The fraction of sp³-hybridized carbons (Fsp3) is 0.278. The van der Waals surface area contributed by atoms with Crippen molar-refractivity contribution in [3.8, 4) is 11.3 Å². The number of aliphatic hydroxyl groups is 1. The number of benzene rings is 1. The molecule has 26 heavy (non-hydrogen) atoms. The standard InChI is InChI=1S/C14H11Br2N3O.C4H9NO/c1-8-2-4-9(5-3-8)12-10(7-20)17-14-13(16)18-11(15)6-19(12)14;1-2-3-5-4-6/h2-6,20H,7H2,1H3;4H,2-3H2,1H3,(H,5,6). The molecular formula is C18H20Br2N4O2. The number of nitrogens with zero attached hydrogens (tertiary/aromatic N) is 3. The van der Waals surface area contributed by atoms with Crippen molar-refractivity contribution in [3.05, 3.63) is 50.9 Å². The smallest absolute Gasteiger partial charge is 0.207 e. The Morgan fingerprint density at radius 2 is 1.92 bits per heavy atom. The maximum Gasteiger partial charge on any atom is 0.207 e. The van der Waals surface area contributed by atoms with Crippen molar-refractivity contribution < 1.29 is 9.90 Å². The minimum atomic E-state index is -0.116. The third-order valence-electron chi connectivity index (χ3n) is 3.56. The van der Waals surface area contributed by atoms with Gasteiger partial charge in [0.2, 0.25) is 6.41 Å². The number of aromatic nitrogens is 3. The number of amides is 1. The predicted octanol–water partition coefficient (Wildman–Crippen LogP) is 3.86. The van der Waals surface area contributed by atoms with Crippen molar-refractivity contribution in [1.29, 1.82) is 0 Å². The van der Waals surface area contributed by atoms with Gasteiger partial charge in [-0.05, 0) is 45.2 Å². The molecule has 1 amide bonds. The third-order valence-corrected chi connectivity index (χ3v) is 4.47. The monoisotopic (exact) mass is 482 g/mol. The zero-order valence-corrected chi connectivity index (χ0v) is 17.7. The number of halogens is 2. The Kier molecular flexibility index (Phi) is 7.74. The summed E-state index contributed by atoms with van der Waals surface area (Å²) in [6.07, 6.45) is 3.57. The molecule has 1 aromatic carbocycles. The van der Waals surface area contributed by atoms with Crippen LogP contribution in [0.1, 0.15) is 24.6 Å². The molecule has 0 unspecified atom stereocenters. The molecule has 2 N–H and O–H groups in total. The highest BCUT2D eigenvalue weighted by molar-refractivity contribution is 9.11. The van der Waals surface area contributed by atoms with Gasteiger partial charge in [0.15, 0.2) is 10.3 Å². The molecule has 0 aliphatic rings. The normalized spacial score (nSPS) is 10.3. The lowest BCUT2D eigenvalue weighted by molar-refractivity contribution is -0.109. The van der Waals surface area contributed by atoms with Crippen molar-refractivity contribution >= 4 is 43.9 Å². The second kappa shape index (κ2) is 9.80. The topological polar surface area (TPSA) is 79.5 Å². The quantitative estimate of drug-likeness (QED) is 0.426. The Bertz CT molecular complexity index is 879. The molecule has 6 nitrogen and oxygen atoms in total. The van der Waals surface area contributed by atoms with Crippen LogP contribution in [-0.2, 0) is 11.4 Å². The first-order chi connectivity index (χ1) is 12.5. The van der Waals surface area contributed by atoms with Crippen LogP contribution >= 0.6 is 31.9 Å². The number of aryl methyl sites for hydroxylation is 1. The van der Waals surface area contributed by atoms with E-state index in [0.29, 0.717) is 27.0 Å². The van der Waals surface area contributed by atoms with Crippen LogP contribution in [0.5, 0.6) is 0 Å². The molecule has 0 radical (unpaired) electrons. The molecule has 2 heterocycles. The second-order valence-corrected chi connectivity index (χ2v) is 7.11. The Hall–Kier alpha value is -1.77. The lowest BCUT2D eigenvalue weighted by Crippen LogP contribution is -2.10. The van der Waals surface area contributed by atoms with E-state index in [1.54, 1.807) is 0 Å². The van der Waals surface area contributed by atoms with Gasteiger partial charge in [0, 0.05) is 18.3 Å². The van der Waals surface area contributed by atoms with E-state index in [-0.39, 0.29) is 6.61 Å². The summed E-state index contributed by atoms with van der Waals surface area (Å²) in [6, 6.07) is 8.14. The van der Waals surface area contributed by atoms with Gasteiger partial charge < -0.3 is 10.4 Å². The van der Waals surface area contributed by atoms with Gasteiger partial charge in [-0.1, -0.05) is 36.8 Å². The van der Waals surface area contributed by atoms with Crippen LogP contribution in [0.2, 0.25) is 0 Å². The van der Waals surface area contributed by atoms with E-state index < -0.39 is 0 Å². The summed E-state index contributed by atoms with van der Waals surface area (Å²) in [5.74, 6) is 0. The highest BCUT2D eigenvalue weighted by atomic mass is 79.9. The van der Waals surface area contributed by atoms with Crippen LogP contribution in [0.25, 0.3) is 16.9 Å². The van der Waals surface area contributed by atoms with E-state index in [2.05, 4.69) is 47.1 Å². The van der Waals surface area contributed by atoms with Crippen LogP contribution in [0, 0.1) is 6.92 Å². The van der Waals surface area contributed by atoms with E-state index in [9.17, 15) is 9.90 Å². The fourth-order valence-electron chi connectivity index (χ4n) is 2.36. The van der Waals surface area contributed by atoms with Gasteiger partial charge >= 0.3 is 0 Å². The average Bonchev–Trinajstić information content (AvgIpc) is 3.00. The maximum atomic E-state index is 9.57. The van der Waals surface area contributed by atoms with E-state index in [0.717, 1.165) is 24.2 Å². The van der Waals surface area contributed by atoms with E-state index >= 15 is 0 Å². The number of carbonyl (C=O) groups is 1. The third kappa shape index (κ3) is 4.90. The average molecular weight is 484 g/mol. The van der Waals surface area contributed by atoms with E-state index in [4.69, 9.17) is 0 Å². The van der Waals surface area contributed by atoms with Crippen LogP contribution in [0.4, 0.5) is 0 Å². The lowest BCUT2D eigenvalue weighted by Gasteiger charge is -2.05. The predicted molar refractivity (Wildman–Crippen MR) is 109 cm³/mol. The van der Waals surface area contributed by atoms with Crippen LogP contribution in [0.15, 0.2) is 39.7 Å². The van der Waals surface area contributed by atoms with Crippen LogP contribution < -0.4 is 5.32 Å². The second-order valence-electron chi connectivity index (χ2n) is 5.55. The Morgan fingerprint density at radius 3 is 2.46 bits per heavy atom. The summed E-state index contributed by atoms with van der Waals surface area (Å²) >= 11 is 6.78. The molecule has 0 aliphatic heterocycles. The summed E-state index contributed by atoms with van der Waals surface area (Å²) < 4.78 is 3.27. The molecule has 2 aromatic heterocycles. The van der Waals surface area contributed by atoms with Gasteiger partial charge in [-0.25, -0.2) is 9.97 Å². The maximum absolute atomic E-state index is 9.57. The van der Waals surface area contributed by atoms with Crippen LogP contribution in [-0.4, -0.2) is 32.4 Å². The van der Waals surface area contributed by atoms with Crippen molar-refractivity contribution in [1.82, 2.24) is 19.7 Å². The summed E-state index contributed by atoms with van der Waals surface area (Å²) in [4.78, 5) is 18.2. The zero-order valence-electron chi connectivity index (χ0n) is 14.5. The Labute approximate surface area is 168 Å². The Balaban J connectivity index is 0.000000352. The number of rotatable bonds is 5. The van der Waals surface area contributed by atoms with Gasteiger partial charge in [0.25, 0.3) is 0 Å². The first kappa shape index (κ1) is 20.5. The molecule has 0 bridgehead atoms. The summed E-state index contributed by atoms with van der Waals surface area (Å²) in [5.41, 5.74) is 4.41. The molecule has 138 valence electrons. The highest BCUT2D eigenvalue weighted by Gasteiger charge is 2.16. The molecule has 0 aliphatic carbocycles. The number of carbonyl (C=O) groups excluding carboxylic acids is 1. The van der Waals surface area contributed by atoms with Crippen molar-refractivity contribution in [2.24, 2.45) is 0 Å². The number of aliphatic hydroxyl groups excluding tert-OH is 1. The molecule has 0 saturated heterocycles. The molecule has 8 heteroatoms. The zero-order chi connectivity index (χ0) is 19.1. The molecule has 0 spiro atoms. The van der Waals surface area contributed by atoms with Gasteiger partial charge in [-0.2, -0.15) is 0 Å². The van der Waals surface area contributed by atoms with Crippen molar-refractivity contribution in [2.45, 2.75) is 26.9 Å². The van der Waals surface area contributed by atoms with E-state index in [1.807, 2.05) is 48.7 Å². The number of hydrogen-bond acceptors (Lipinski definition) is 4. The van der Waals surface area contributed by atoms with Crippen molar-refractivity contribution in [2.75, 3.05) is 6.54 Å². The minimum absolute atomic E-state index is 0.116. The van der Waals surface area contributed by atoms with Gasteiger partial charge in [0.05, 0.1) is 18.0 Å². The van der Waals surface area contributed by atoms with Gasteiger partial charge in [-0.15, -0.1) is 0 Å². The van der Waals surface area contributed by atoms with Crippen molar-refractivity contribution in [3.63, 3.8) is 0 Å². The SMILES string of the molecule is CCCNC=O.Cc1ccc(-c2c(CO)nc3c(Br)nc(Br)cn23)cc1. The van der Waals surface area contributed by atoms with Gasteiger partial charge in [0.1, 0.15) is 4.60 Å². The number of fused-ring (bicyclic) bond motifs is 1. The molecule has 0 saturated carbocycles. The molecule has 0 fully saturated rings. The van der Waals surface area contributed by atoms with E-state index in [1.165, 1.54) is 5.56 Å². The first-order valence-corrected chi connectivity index (χ1v) is 9.68. The number of imidazole rings is 1. The number of hydrogen-bond donors (Lipinski definition) is 2. The van der Waals surface area contributed by atoms with Crippen LogP contribution in [0.3, 0.4) is 0 Å². The first-order valence-electron chi connectivity index (χ1n) is 8.09. The molecule has 3 aromatic rings. The molecular weight excluding hydrogens is 464 g/mol.